The predicted molar refractivity (Wildman–Crippen MR) is 83.2 cm³/mol. The van der Waals surface area contributed by atoms with Crippen molar-refractivity contribution in [1.29, 1.82) is 0 Å². The molecule has 0 radical (unpaired) electrons. The van der Waals surface area contributed by atoms with Crippen LogP contribution in [0.15, 0.2) is 24.3 Å². The lowest BCUT2D eigenvalue weighted by Gasteiger charge is -2.35. The third-order valence-corrected chi connectivity index (χ3v) is 4.14. The van der Waals surface area contributed by atoms with Crippen molar-refractivity contribution in [3.05, 3.63) is 35.4 Å². The zero-order valence-corrected chi connectivity index (χ0v) is 13.6. The lowest BCUT2D eigenvalue weighted by molar-refractivity contribution is -0.137. The number of amides is 1. The van der Waals surface area contributed by atoms with Gasteiger partial charge in [0.05, 0.1) is 5.56 Å². The van der Waals surface area contributed by atoms with Crippen molar-refractivity contribution < 1.29 is 18.0 Å². The number of alkyl halides is 3. The van der Waals surface area contributed by atoms with Crippen LogP contribution in [0.5, 0.6) is 0 Å². The van der Waals surface area contributed by atoms with Gasteiger partial charge in [0, 0.05) is 31.7 Å². The molecule has 1 amide bonds. The first kappa shape index (κ1) is 17.8. The van der Waals surface area contributed by atoms with Gasteiger partial charge in [-0.1, -0.05) is 13.8 Å². The maximum Gasteiger partial charge on any atom is 0.416 e. The quantitative estimate of drug-likeness (QED) is 0.844. The van der Waals surface area contributed by atoms with E-state index in [2.05, 4.69) is 18.7 Å². The summed E-state index contributed by atoms with van der Waals surface area (Å²) in [6.45, 7) is 8.28. The first-order valence-corrected chi connectivity index (χ1v) is 7.96. The molecule has 0 aliphatic carbocycles. The van der Waals surface area contributed by atoms with E-state index in [-0.39, 0.29) is 5.91 Å². The predicted octanol–water partition coefficient (Wildman–Crippen LogP) is 3.51. The lowest BCUT2D eigenvalue weighted by Crippen LogP contribution is -2.49. The Hall–Kier alpha value is -1.56. The van der Waals surface area contributed by atoms with Gasteiger partial charge in [0.15, 0.2) is 0 Å². The molecule has 1 aliphatic rings. The first-order chi connectivity index (χ1) is 10.8. The fourth-order valence-electron chi connectivity index (χ4n) is 2.60. The van der Waals surface area contributed by atoms with Crippen LogP contribution in [0.1, 0.15) is 36.2 Å². The summed E-state index contributed by atoms with van der Waals surface area (Å²) in [4.78, 5) is 16.4. The minimum absolute atomic E-state index is 0.192. The van der Waals surface area contributed by atoms with E-state index in [1.54, 1.807) is 4.90 Å². The van der Waals surface area contributed by atoms with Gasteiger partial charge >= 0.3 is 6.18 Å². The summed E-state index contributed by atoms with van der Waals surface area (Å²) in [6.07, 6.45) is -3.24. The molecular weight excluding hydrogens is 305 g/mol. The Morgan fingerprint density at radius 2 is 1.65 bits per heavy atom. The summed E-state index contributed by atoms with van der Waals surface area (Å²) in [7, 11) is 0. The van der Waals surface area contributed by atoms with Crippen molar-refractivity contribution in [2.45, 2.75) is 26.4 Å². The molecule has 1 heterocycles. The largest absolute Gasteiger partial charge is 0.416 e. The molecule has 0 saturated carbocycles. The van der Waals surface area contributed by atoms with Crippen molar-refractivity contribution in [3.63, 3.8) is 0 Å². The highest BCUT2D eigenvalue weighted by atomic mass is 19.4. The smallest absolute Gasteiger partial charge is 0.336 e. The number of nitrogens with zero attached hydrogens (tertiary/aromatic N) is 2. The van der Waals surface area contributed by atoms with Gasteiger partial charge in [-0.15, -0.1) is 0 Å². The molecule has 0 spiro atoms. The number of hydrogen-bond acceptors (Lipinski definition) is 2. The van der Waals surface area contributed by atoms with Crippen LogP contribution in [-0.4, -0.2) is 48.4 Å². The van der Waals surface area contributed by atoms with Crippen molar-refractivity contribution in [2.24, 2.45) is 5.92 Å². The molecule has 1 aromatic rings. The molecule has 0 N–H and O–H groups in total. The molecule has 0 atom stereocenters. The number of carbonyl (C=O) groups excluding carboxylic acids is 1. The van der Waals surface area contributed by atoms with Crippen molar-refractivity contribution >= 4 is 5.91 Å². The Kier molecular flexibility index (Phi) is 5.68. The van der Waals surface area contributed by atoms with Gasteiger partial charge < -0.3 is 4.90 Å². The maximum absolute atomic E-state index is 12.5. The van der Waals surface area contributed by atoms with E-state index in [9.17, 15) is 18.0 Å². The number of carbonyl (C=O) groups is 1. The van der Waals surface area contributed by atoms with E-state index in [0.717, 1.165) is 38.2 Å². The second-order valence-electron chi connectivity index (χ2n) is 6.39. The zero-order valence-electron chi connectivity index (χ0n) is 13.6. The third kappa shape index (κ3) is 4.96. The Morgan fingerprint density at radius 1 is 1.09 bits per heavy atom. The summed E-state index contributed by atoms with van der Waals surface area (Å²) in [6, 6.07) is 4.45. The highest BCUT2D eigenvalue weighted by Gasteiger charge is 2.30. The monoisotopic (exact) mass is 328 g/mol. The fourth-order valence-corrected chi connectivity index (χ4v) is 2.60. The van der Waals surface area contributed by atoms with E-state index in [1.807, 2.05) is 0 Å². The van der Waals surface area contributed by atoms with Gasteiger partial charge in [-0.2, -0.15) is 13.2 Å². The number of piperazine rings is 1. The number of halogens is 3. The number of hydrogen-bond donors (Lipinski definition) is 0. The van der Waals surface area contributed by atoms with E-state index in [4.69, 9.17) is 0 Å². The van der Waals surface area contributed by atoms with Gasteiger partial charge in [-0.05, 0) is 43.1 Å². The van der Waals surface area contributed by atoms with Crippen molar-refractivity contribution in [2.75, 3.05) is 32.7 Å². The highest BCUT2D eigenvalue weighted by molar-refractivity contribution is 5.94. The average Bonchev–Trinajstić information content (AvgIpc) is 2.52. The molecule has 2 rings (SSSR count). The van der Waals surface area contributed by atoms with Gasteiger partial charge in [-0.3, -0.25) is 9.69 Å². The Labute approximate surface area is 135 Å². The third-order valence-electron chi connectivity index (χ3n) is 4.14. The molecular formula is C17H23F3N2O. The normalized spacial score (nSPS) is 16.9. The molecule has 1 aromatic carbocycles. The second kappa shape index (κ2) is 7.34. The molecule has 1 fully saturated rings. The fraction of sp³-hybridized carbons (Fsp3) is 0.588. The van der Waals surface area contributed by atoms with Crippen LogP contribution in [0.25, 0.3) is 0 Å². The molecule has 0 bridgehead atoms. The van der Waals surface area contributed by atoms with Crippen molar-refractivity contribution in [3.8, 4) is 0 Å². The van der Waals surface area contributed by atoms with E-state index in [1.165, 1.54) is 12.1 Å². The Balaban J connectivity index is 1.90. The molecule has 1 aliphatic heterocycles. The van der Waals surface area contributed by atoms with Gasteiger partial charge in [-0.25, -0.2) is 0 Å². The van der Waals surface area contributed by atoms with Crippen LogP contribution in [0.2, 0.25) is 0 Å². The van der Waals surface area contributed by atoms with Crippen LogP contribution in [0.3, 0.4) is 0 Å². The van der Waals surface area contributed by atoms with Crippen LogP contribution in [-0.2, 0) is 6.18 Å². The number of rotatable bonds is 4. The summed E-state index contributed by atoms with van der Waals surface area (Å²) in [5.41, 5.74) is -0.416. The van der Waals surface area contributed by atoms with Crippen LogP contribution >= 0.6 is 0 Å². The minimum Gasteiger partial charge on any atom is -0.336 e. The molecule has 128 valence electrons. The summed E-state index contributed by atoms with van der Waals surface area (Å²) in [5.74, 6) is 0.462. The van der Waals surface area contributed by atoms with E-state index >= 15 is 0 Å². The van der Waals surface area contributed by atoms with E-state index < -0.39 is 11.7 Å². The Morgan fingerprint density at radius 3 is 2.13 bits per heavy atom. The minimum atomic E-state index is -4.37. The standard InChI is InChI=1S/C17H23F3N2O/c1-13(2)7-8-21-9-11-22(12-10-21)16(23)14-3-5-15(6-4-14)17(18,19)20/h3-6,13H,7-12H2,1-2H3. The topological polar surface area (TPSA) is 23.6 Å². The van der Waals surface area contributed by atoms with Gasteiger partial charge in [0.25, 0.3) is 5.91 Å². The summed E-state index contributed by atoms with van der Waals surface area (Å²) >= 11 is 0. The number of benzene rings is 1. The highest BCUT2D eigenvalue weighted by Crippen LogP contribution is 2.29. The summed E-state index contributed by atoms with van der Waals surface area (Å²) in [5, 5.41) is 0. The van der Waals surface area contributed by atoms with E-state index in [0.29, 0.717) is 24.6 Å². The van der Waals surface area contributed by atoms with Crippen molar-refractivity contribution in [1.82, 2.24) is 9.80 Å². The molecule has 3 nitrogen and oxygen atoms in total. The molecule has 0 unspecified atom stereocenters. The first-order valence-electron chi connectivity index (χ1n) is 7.96. The molecule has 23 heavy (non-hydrogen) atoms. The van der Waals surface area contributed by atoms with Crippen LogP contribution in [0.4, 0.5) is 13.2 Å². The van der Waals surface area contributed by atoms with Crippen LogP contribution < -0.4 is 0 Å². The summed E-state index contributed by atoms with van der Waals surface area (Å²) < 4.78 is 37.6. The molecule has 0 aromatic heterocycles. The second-order valence-corrected chi connectivity index (χ2v) is 6.39. The van der Waals surface area contributed by atoms with Gasteiger partial charge in [0.1, 0.15) is 0 Å². The Bertz CT molecular complexity index is 518. The lowest BCUT2D eigenvalue weighted by atomic mass is 10.1. The van der Waals surface area contributed by atoms with Crippen LogP contribution in [0, 0.1) is 5.92 Å². The zero-order chi connectivity index (χ0) is 17.0. The average molecular weight is 328 g/mol. The maximum atomic E-state index is 12.5. The van der Waals surface area contributed by atoms with Gasteiger partial charge in [0.2, 0.25) is 0 Å². The molecule has 6 heteroatoms. The SMILES string of the molecule is CC(C)CCN1CCN(C(=O)c2ccc(C(F)(F)F)cc2)CC1. The molecule has 1 saturated heterocycles.